The SMILES string of the molecule is O=C(CC[C@@H]1NC(=O)N(c2ccccc2)C1=O)NCCn1cccn1. The molecule has 1 aliphatic rings. The molecule has 1 aliphatic heterocycles. The summed E-state index contributed by atoms with van der Waals surface area (Å²) in [5, 5.41) is 9.45. The molecule has 130 valence electrons. The Morgan fingerprint density at radius 1 is 1.20 bits per heavy atom. The van der Waals surface area contributed by atoms with Crippen LogP contribution in [0.1, 0.15) is 12.8 Å². The average Bonchev–Trinajstić information content (AvgIpc) is 3.22. The second kappa shape index (κ2) is 7.61. The van der Waals surface area contributed by atoms with Gasteiger partial charge in [0.1, 0.15) is 6.04 Å². The van der Waals surface area contributed by atoms with Crippen LogP contribution in [0.25, 0.3) is 0 Å². The third-order valence-electron chi connectivity index (χ3n) is 3.92. The zero-order valence-corrected chi connectivity index (χ0v) is 13.6. The Hall–Kier alpha value is -3.16. The Bertz CT molecular complexity index is 745. The van der Waals surface area contributed by atoms with Crippen LogP contribution in [0.5, 0.6) is 0 Å². The predicted molar refractivity (Wildman–Crippen MR) is 90.7 cm³/mol. The molecule has 0 unspecified atom stereocenters. The van der Waals surface area contributed by atoms with Crippen molar-refractivity contribution in [1.29, 1.82) is 0 Å². The third-order valence-corrected chi connectivity index (χ3v) is 3.92. The van der Waals surface area contributed by atoms with Crippen molar-refractivity contribution in [3.8, 4) is 0 Å². The van der Waals surface area contributed by atoms with Crippen LogP contribution in [0.3, 0.4) is 0 Å². The summed E-state index contributed by atoms with van der Waals surface area (Å²) in [6.45, 7) is 1.04. The van der Waals surface area contributed by atoms with Gasteiger partial charge in [-0.15, -0.1) is 0 Å². The number of carbonyl (C=O) groups is 3. The first-order valence-corrected chi connectivity index (χ1v) is 8.09. The van der Waals surface area contributed by atoms with Crippen molar-refractivity contribution >= 4 is 23.5 Å². The number of nitrogens with one attached hydrogen (secondary N) is 2. The van der Waals surface area contributed by atoms with E-state index in [1.165, 1.54) is 0 Å². The van der Waals surface area contributed by atoms with Crippen molar-refractivity contribution < 1.29 is 14.4 Å². The molecule has 1 aromatic heterocycles. The molecule has 1 aromatic carbocycles. The number of hydrogen-bond donors (Lipinski definition) is 2. The molecule has 25 heavy (non-hydrogen) atoms. The van der Waals surface area contributed by atoms with Gasteiger partial charge in [-0.25, -0.2) is 9.69 Å². The van der Waals surface area contributed by atoms with E-state index in [0.29, 0.717) is 18.8 Å². The second-order valence-electron chi connectivity index (χ2n) is 5.67. The van der Waals surface area contributed by atoms with Crippen LogP contribution in [0.2, 0.25) is 0 Å². The molecule has 1 fully saturated rings. The highest BCUT2D eigenvalue weighted by Gasteiger charge is 2.38. The number of urea groups is 1. The molecular weight excluding hydrogens is 322 g/mol. The van der Waals surface area contributed by atoms with Crippen molar-refractivity contribution in [3.63, 3.8) is 0 Å². The lowest BCUT2D eigenvalue weighted by Gasteiger charge is -2.12. The first-order chi connectivity index (χ1) is 12.1. The molecule has 2 aromatic rings. The van der Waals surface area contributed by atoms with E-state index in [0.717, 1.165) is 4.90 Å². The molecule has 0 bridgehead atoms. The quantitative estimate of drug-likeness (QED) is 0.732. The largest absolute Gasteiger partial charge is 0.354 e. The Morgan fingerprint density at radius 3 is 2.72 bits per heavy atom. The molecule has 8 heteroatoms. The maximum absolute atomic E-state index is 12.4. The van der Waals surface area contributed by atoms with E-state index in [1.807, 2.05) is 18.3 Å². The number of hydrogen-bond acceptors (Lipinski definition) is 4. The lowest BCUT2D eigenvalue weighted by molar-refractivity contribution is -0.121. The minimum atomic E-state index is -0.676. The van der Waals surface area contributed by atoms with Crippen LogP contribution < -0.4 is 15.5 Å². The van der Waals surface area contributed by atoms with Crippen LogP contribution >= 0.6 is 0 Å². The van der Waals surface area contributed by atoms with Gasteiger partial charge in [-0.1, -0.05) is 18.2 Å². The summed E-state index contributed by atoms with van der Waals surface area (Å²) in [5.41, 5.74) is 0.524. The molecule has 2 heterocycles. The molecule has 8 nitrogen and oxygen atoms in total. The first-order valence-electron chi connectivity index (χ1n) is 8.09. The van der Waals surface area contributed by atoms with E-state index in [1.54, 1.807) is 35.1 Å². The fraction of sp³-hybridized carbons (Fsp3) is 0.294. The molecule has 0 aliphatic carbocycles. The van der Waals surface area contributed by atoms with Gasteiger partial charge in [0.2, 0.25) is 5.91 Å². The molecule has 0 saturated carbocycles. The molecule has 1 atom stereocenters. The summed E-state index contributed by atoms with van der Waals surface area (Å²) in [6, 6.07) is 9.41. The van der Waals surface area contributed by atoms with Crippen LogP contribution in [-0.2, 0) is 16.1 Å². The van der Waals surface area contributed by atoms with Gasteiger partial charge < -0.3 is 10.6 Å². The van der Waals surface area contributed by atoms with E-state index in [4.69, 9.17) is 0 Å². The maximum atomic E-state index is 12.4. The van der Waals surface area contributed by atoms with Gasteiger partial charge in [0, 0.05) is 25.4 Å². The molecule has 4 amide bonds. The van der Waals surface area contributed by atoms with Crippen LogP contribution in [0.15, 0.2) is 48.8 Å². The third kappa shape index (κ3) is 4.03. The van der Waals surface area contributed by atoms with E-state index in [9.17, 15) is 14.4 Å². The highest BCUT2D eigenvalue weighted by molar-refractivity contribution is 6.21. The zero-order valence-electron chi connectivity index (χ0n) is 13.6. The smallest absolute Gasteiger partial charge is 0.329 e. The summed E-state index contributed by atoms with van der Waals surface area (Å²) in [4.78, 5) is 37.4. The normalized spacial score (nSPS) is 16.8. The fourth-order valence-electron chi connectivity index (χ4n) is 2.65. The van der Waals surface area contributed by atoms with E-state index in [2.05, 4.69) is 15.7 Å². The van der Waals surface area contributed by atoms with E-state index < -0.39 is 12.1 Å². The summed E-state index contributed by atoms with van der Waals surface area (Å²) >= 11 is 0. The molecule has 2 N–H and O–H groups in total. The summed E-state index contributed by atoms with van der Waals surface area (Å²) < 4.78 is 1.72. The van der Waals surface area contributed by atoms with Gasteiger partial charge in [0.05, 0.1) is 12.2 Å². The molecule has 0 radical (unpaired) electrons. The van der Waals surface area contributed by atoms with Gasteiger partial charge >= 0.3 is 6.03 Å². The summed E-state index contributed by atoms with van der Waals surface area (Å²) in [7, 11) is 0. The number of imide groups is 1. The average molecular weight is 341 g/mol. The number of para-hydroxylation sites is 1. The molecular formula is C17H19N5O3. The van der Waals surface area contributed by atoms with Crippen molar-refractivity contribution in [2.45, 2.75) is 25.4 Å². The maximum Gasteiger partial charge on any atom is 0.329 e. The van der Waals surface area contributed by atoms with Crippen LogP contribution in [-0.4, -0.2) is 40.2 Å². The number of rotatable bonds is 7. The Balaban J connectivity index is 1.46. The van der Waals surface area contributed by atoms with Gasteiger partial charge in [-0.05, 0) is 24.6 Å². The predicted octanol–water partition coefficient (Wildman–Crippen LogP) is 0.904. The summed E-state index contributed by atoms with van der Waals surface area (Å²) in [5.74, 6) is -0.493. The van der Waals surface area contributed by atoms with Crippen molar-refractivity contribution in [3.05, 3.63) is 48.8 Å². The van der Waals surface area contributed by atoms with Gasteiger partial charge in [-0.2, -0.15) is 5.10 Å². The standard InChI is InChI=1S/C17H19N5O3/c23-15(18-10-12-21-11-4-9-19-21)8-7-14-16(24)22(17(25)20-14)13-5-2-1-3-6-13/h1-6,9,11,14H,7-8,10,12H2,(H,18,23)(H,20,25)/t14-/m0/s1. The lowest BCUT2D eigenvalue weighted by Crippen LogP contribution is -2.33. The van der Waals surface area contributed by atoms with Crippen LogP contribution in [0.4, 0.5) is 10.5 Å². The Labute approximate surface area is 144 Å². The molecule has 1 saturated heterocycles. The monoisotopic (exact) mass is 341 g/mol. The number of aromatic nitrogens is 2. The van der Waals surface area contributed by atoms with Crippen molar-refractivity contribution in [2.75, 3.05) is 11.4 Å². The number of anilines is 1. The minimum absolute atomic E-state index is 0.160. The van der Waals surface area contributed by atoms with E-state index >= 15 is 0 Å². The minimum Gasteiger partial charge on any atom is -0.354 e. The van der Waals surface area contributed by atoms with Gasteiger partial charge in [-0.3, -0.25) is 14.3 Å². The second-order valence-corrected chi connectivity index (χ2v) is 5.67. The van der Waals surface area contributed by atoms with Crippen LogP contribution in [0, 0.1) is 0 Å². The Kier molecular flexibility index (Phi) is 5.08. The zero-order chi connectivity index (χ0) is 17.6. The summed E-state index contributed by atoms with van der Waals surface area (Å²) in [6.07, 6.45) is 3.92. The number of benzene rings is 1. The molecule has 0 spiro atoms. The van der Waals surface area contributed by atoms with E-state index in [-0.39, 0.29) is 24.7 Å². The highest BCUT2D eigenvalue weighted by Crippen LogP contribution is 2.20. The van der Waals surface area contributed by atoms with Crippen molar-refractivity contribution in [2.24, 2.45) is 0 Å². The Morgan fingerprint density at radius 2 is 2.00 bits per heavy atom. The van der Waals surface area contributed by atoms with Gasteiger partial charge in [0.25, 0.3) is 5.91 Å². The van der Waals surface area contributed by atoms with Crippen molar-refractivity contribution in [1.82, 2.24) is 20.4 Å². The topological polar surface area (TPSA) is 96.3 Å². The first kappa shape index (κ1) is 16.7. The number of carbonyl (C=O) groups excluding carboxylic acids is 3. The molecule has 3 rings (SSSR count). The fourth-order valence-corrected chi connectivity index (χ4v) is 2.65. The lowest BCUT2D eigenvalue weighted by atomic mass is 10.1. The van der Waals surface area contributed by atoms with Gasteiger partial charge in [0.15, 0.2) is 0 Å². The number of nitrogens with zero attached hydrogens (tertiary/aromatic N) is 3. The highest BCUT2D eigenvalue weighted by atomic mass is 16.2. The number of amides is 4.